The normalized spacial score (nSPS) is 16.9. The van der Waals surface area contributed by atoms with Crippen molar-refractivity contribution in [1.29, 1.82) is 0 Å². The van der Waals surface area contributed by atoms with E-state index in [2.05, 4.69) is 10.0 Å². The van der Waals surface area contributed by atoms with Gasteiger partial charge >= 0.3 is 6.03 Å². The van der Waals surface area contributed by atoms with Crippen LogP contribution in [0.2, 0.25) is 0 Å². The van der Waals surface area contributed by atoms with Crippen molar-refractivity contribution >= 4 is 22.0 Å². The molecule has 2 aromatic rings. The van der Waals surface area contributed by atoms with Crippen LogP contribution in [0.4, 0.5) is 4.79 Å². The van der Waals surface area contributed by atoms with E-state index in [0.717, 1.165) is 24.0 Å². The van der Waals surface area contributed by atoms with Crippen LogP contribution in [0.5, 0.6) is 5.75 Å². The standard InChI is InChI=1S/C23H27N3O5S/c1-23(2,18-10-8-16(9-11-18)13-26-14-21(27)24-22(26)28)25-32(29,30)20-5-3-4-19(12-20)31-15-17-6-7-17/h3-5,8-12,17,25H,6-7,13-15H2,1-2H3,(H,24,27,28). The van der Waals surface area contributed by atoms with Gasteiger partial charge in [-0.3, -0.25) is 10.1 Å². The van der Waals surface area contributed by atoms with Gasteiger partial charge in [-0.2, -0.15) is 0 Å². The molecule has 2 aromatic carbocycles. The van der Waals surface area contributed by atoms with Crippen molar-refractivity contribution in [3.63, 3.8) is 0 Å². The first-order valence-corrected chi connectivity index (χ1v) is 12.1. The summed E-state index contributed by atoms with van der Waals surface area (Å²) >= 11 is 0. The fraction of sp³-hybridized carbons (Fsp3) is 0.391. The van der Waals surface area contributed by atoms with Crippen LogP contribution in [0, 0.1) is 5.92 Å². The third kappa shape index (κ3) is 5.28. The molecular weight excluding hydrogens is 430 g/mol. The lowest BCUT2D eigenvalue weighted by Gasteiger charge is -2.27. The molecule has 1 saturated heterocycles. The molecule has 0 radical (unpaired) electrons. The lowest BCUT2D eigenvalue weighted by Crippen LogP contribution is -2.40. The highest BCUT2D eigenvalue weighted by Crippen LogP contribution is 2.30. The third-order valence-electron chi connectivity index (χ3n) is 5.61. The molecule has 1 aliphatic heterocycles. The highest BCUT2D eigenvalue weighted by Gasteiger charge is 2.29. The zero-order valence-corrected chi connectivity index (χ0v) is 18.9. The molecule has 0 aromatic heterocycles. The number of amides is 3. The van der Waals surface area contributed by atoms with Gasteiger partial charge in [-0.25, -0.2) is 17.9 Å². The number of benzene rings is 2. The fourth-order valence-electron chi connectivity index (χ4n) is 3.54. The van der Waals surface area contributed by atoms with Gasteiger partial charge in [-0.15, -0.1) is 0 Å². The van der Waals surface area contributed by atoms with E-state index < -0.39 is 21.6 Å². The van der Waals surface area contributed by atoms with Crippen LogP contribution in [0.25, 0.3) is 0 Å². The highest BCUT2D eigenvalue weighted by atomic mass is 32.2. The summed E-state index contributed by atoms with van der Waals surface area (Å²) in [6.45, 7) is 4.54. The van der Waals surface area contributed by atoms with Gasteiger partial charge in [0.05, 0.1) is 17.0 Å². The average molecular weight is 458 g/mol. The molecule has 32 heavy (non-hydrogen) atoms. The van der Waals surface area contributed by atoms with Crippen molar-refractivity contribution in [3.05, 3.63) is 59.7 Å². The number of urea groups is 1. The maximum Gasteiger partial charge on any atom is 0.324 e. The van der Waals surface area contributed by atoms with E-state index in [9.17, 15) is 18.0 Å². The number of hydrogen-bond acceptors (Lipinski definition) is 5. The van der Waals surface area contributed by atoms with Crippen molar-refractivity contribution in [2.24, 2.45) is 5.92 Å². The summed E-state index contributed by atoms with van der Waals surface area (Å²) in [5.74, 6) is 0.811. The predicted octanol–water partition coefficient (Wildman–Crippen LogP) is 2.74. The lowest BCUT2D eigenvalue weighted by atomic mass is 9.95. The summed E-state index contributed by atoms with van der Waals surface area (Å²) in [7, 11) is -3.78. The fourth-order valence-corrected chi connectivity index (χ4v) is 4.98. The molecule has 0 atom stereocenters. The molecule has 2 fully saturated rings. The van der Waals surface area contributed by atoms with E-state index in [-0.39, 0.29) is 17.3 Å². The smallest absolute Gasteiger partial charge is 0.324 e. The second-order valence-corrected chi connectivity index (χ2v) is 10.5. The number of carbonyl (C=O) groups is 2. The van der Waals surface area contributed by atoms with Crippen LogP contribution in [0.3, 0.4) is 0 Å². The Morgan fingerprint density at radius 1 is 1.12 bits per heavy atom. The number of sulfonamides is 1. The van der Waals surface area contributed by atoms with Gasteiger partial charge in [-0.1, -0.05) is 30.3 Å². The number of nitrogens with one attached hydrogen (secondary N) is 2. The molecule has 3 amide bonds. The second kappa shape index (κ2) is 8.55. The number of ether oxygens (including phenoxy) is 1. The summed E-state index contributed by atoms with van der Waals surface area (Å²) in [4.78, 5) is 24.6. The van der Waals surface area contributed by atoms with Gasteiger partial charge in [0.15, 0.2) is 0 Å². The molecule has 0 spiro atoms. The topological polar surface area (TPSA) is 105 Å². The first kappa shape index (κ1) is 22.3. The number of hydrogen-bond donors (Lipinski definition) is 2. The van der Waals surface area contributed by atoms with E-state index in [1.807, 2.05) is 24.3 Å². The number of nitrogens with zero attached hydrogens (tertiary/aromatic N) is 1. The van der Waals surface area contributed by atoms with Gasteiger partial charge in [-0.05, 0) is 55.9 Å². The Bertz CT molecular complexity index is 1120. The molecule has 2 N–H and O–H groups in total. The monoisotopic (exact) mass is 457 g/mol. The highest BCUT2D eigenvalue weighted by molar-refractivity contribution is 7.89. The quantitative estimate of drug-likeness (QED) is 0.564. The van der Waals surface area contributed by atoms with E-state index >= 15 is 0 Å². The summed E-state index contributed by atoms with van der Waals surface area (Å²) in [5, 5.41) is 2.25. The van der Waals surface area contributed by atoms with Gasteiger partial charge in [0.25, 0.3) is 0 Å². The summed E-state index contributed by atoms with van der Waals surface area (Å²) in [6.07, 6.45) is 2.33. The number of imide groups is 1. The van der Waals surface area contributed by atoms with E-state index in [0.29, 0.717) is 24.8 Å². The Balaban J connectivity index is 1.44. The molecule has 9 heteroatoms. The van der Waals surface area contributed by atoms with E-state index in [1.165, 1.54) is 4.90 Å². The third-order valence-corrected chi connectivity index (χ3v) is 7.26. The van der Waals surface area contributed by atoms with Gasteiger partial charge in [0.2, 0.25) is 15.9 Å². The SMILES string of the molecule is CC(C)(NS(=O)(=O)c1cccc(OCC2CC2)c1)c1ccc(CN2CC(=O)NC2=O)cc1. The van der Waals surface area contributed by atoms with Crippen LogP contribution in [-0.2, 0) is 26.9 Å². The predicted molar refractivity (Wildman–Crippen MR) is 118 cm³/mol. The molecular formula is C23H27N3O5S. The van der Waals surface area contributed by atoms with Crippen molar-refractivity contribution in [2.75, 3.05) is 13.2 Å². The van der Waals surface area contributed by atoms with Gasteiger partial charge in [0, 0.05) is 12.6 Å². The maximum absolute atomic E-state index is 13.0. The summed E-state index contributed by atoms with van der Waals surface area (Å²) in [6, 6.07) is 13.4. The van der Waals surface area contributed by atoms with E-state index in [1.54, 1.807) is 38.1 Å². The average Bonchev–Trinajstić information content (AvgIpc) is 3.51. The molecule has 0 unspecified atom stereocenters. The van der Waals surface area contributed by atoms with Crippen molar-refractivity contribution in [1.82, 2.24) is 14.9 Å². The largest absolute Gasteiger partial charge is 0.493 e. The first-order valence-electron chi connectivity index (χ1n) is 10.6. The minimum Gasteiger partial charge on any atom is -0.493 e. The molecule has 8 nitrogen and oxygen atoms in total. The minimum atomic E-state index is -3.78. The Hall–Kier alpha value is -2.91. The van der Waals surface area contributed by atoms with Crippen LogP contribution in [-0.4, -0.2) is 38.4 Å². The molecule has 1 aliphatic carbocycles. The van der Waals surface area contributed by atoms with Crippen molar-refractivity contribution in [3.8, 4) is 5.75 Å². The van der Waals surface area contributed by atoms with Crippen molar-refractivity contribution in [2.45, 2.75) is 43.7 Å². The molecule has 2 aliphatic rings. The zero-order chi connectivity index (χ0) is 22.9. The molecule has 1 saturated carbocycles. The Morgan fingerprint density at radius 2 is 1.84 bits per heavy atom. The molecule has 1 heterocycles. The first-order chi connectivity index (χ1) is 15.1. The second-order valence-electron chi connectivity index (χ2n) is 8.87. The van der Waals surface area contributed by atoms with Crippen LogP contribution in [0.15, 0.2) is 53.4 Å². The van der Waals surface area contributed by atoms with Crippen LogP contribution < -0.4 is 14.8 Å². The van der Waals surface area contributed by atoms with Crippen molar-refractivity contribution < 1.29 is 22.7 Å². The van der Waals surface area contributed by atoms with Gasteiger partial charge in [0.1, 0.15) is 12.3 Å². The summed E-state index contributed by atoms with van der Waals surface area (Å²) in [5.41, 5.74) is 0.745. The number of rotatable bonds is 9. The van der Waals surface area contributed by atoms with Crippen LogP contribution >= 0.6 is 0 Å². The van der Waals surface area contributed by atoms with E-state index in [4.69, 9.17) is 4.74 Å². The maximum atomic E-state index is 13.0. The lowest BCUT2D eigenvalue weighted by molar-refractivity contribution is -0.118. The molecule has 170 valence electrons. The molecule has 0 bridgehead atoms. The van der Waals surface area contributed by atoms with Gasteiger partial charge < -0.3 is 9.64 Å². The Labute approximate surface area is 188 Å². The Morgan fingerprint density at radius 3 is 2.47 bits per heavy atom. The zero-order valence-electron chi connectivity index (χ0n) is 18.1. The summed E-state index contributed by atoms with van der Waals surface area (Å²) < 4.78 is 34.6. The Kier molecular flexibility index (Phi) is 5.96. The minimum absolute atomic E-state index is 0.0370. The van der Waals surface area contributed by atoms with Crippen LogP contribution in [0.1, 0.15) is 37.8 Å². The molecule has 4 rings (SSSR count). The number of carbonyl (C=O) groups excluding carboxylic acids is 2.